The van der Waals surface area contributed by atoms with Crippen LogP contribution in [0.2, 0.25) is 0 Å². The molecule has 0 aromatic heterocycles. The summed E-state index contributed by atoms with van der Waals surface area (Å²) in [4.78, 5) is 49.4. The van der Waals surface area contributed by atoms with Crippen LogP contribution in [0.4, 0.5) is 0 Å². The first-order chi connectivity index (χ1) is 11.5. The second-order valence-electron chi connectivity index (χ2n) is 6.33. The highest BCUT2D eigenvalue weighted by atomic mass is 16.5. The fraction of sp³-hybridized carbons (Fsp3) is 0.412. The highest BCUT2D eigenvalue weighted by Gasteiger charge is 2.44. The molecule has 2 aliphatic heterocycles. The number of hydrogen-bond acceptors (Lipinski definition) is 5. The molecule has 0 spiro atoms. The van der Waals surface area contributed by atoms with Gasteiger partial charge in [-0.05, 0) is 43.9 Å². The molecule has 7 heteroatoms. The first-order valence-electron chi connectivity index (χ1n) is 8.07. The second-order valence-corrected chi connectivity index (χ2v) is 6.33. The van der Waals surface area contributed by atoms with E-state index in [1.165, 1.54) is 0 Å². The lowest BCUT2D eigenvalue weighted by atomic mass is 9.96. The van der Waals surface area contributed by atoms with Crippen molar-refractivity contribution in [2.24, 2.45) is 0 Å². The van der Waals surface area contributed by atoms with E-state index in [1.807, 2.05) is 0 Å². The number of benzene rings is 1. The number of carbonyl (C=O) groups is 4. The zero-order chi connectivity index (χ0) is 16.8. The van der Waals surface area contributed by atoms with Crippen LogP contribution in [0.1, 0.15) is 52.8 Å². The van der Waals surface area contributed by atoms with Crippen LogP contribution in [0.15, 0.2) is 18.2 Å². The Kier molecular flexibility index (Phi) is 3.37. The van der Waals surface area contributed by atoms with Gasteiger partial charge in [0, 0.05) is 6.42 Å². The predicted molar refractivity (Wildman–Crippen MR) is 81.4 cm³/mol. The van der Waals surface area contributed by atoms with Gasteiger partial charge in [0.2, 0.25) is 11.8 Å². The topological polar surface area (TPSA) is 92.8 Å². The van der Waals surface area contributed by atoms with Crippen molar-refractivity contribution in [3.8, 4) is 5.75 Å². The fourth-order valence-corrected chi connectivity index (χ4v) is 3.20. The van der Waals surface area contributed by atoms with E-state index >= 15 is 0 Å². The highest BCUT2D eigenvalue weighted by Crippen LogP contribution is 2.32. The molecule has 1 unspecified atom stereocenters. The van der Waals surface area contributed by atoms with Gasteiger partial charge in [-0.15, -0.1) is 0 Å². The summed E-state index contributed by atoms with van der Waals surface area (Å²) in [6.07, 6.45) is 3.55. The zero-order valence-corrected chi connectivity index (χ0v) is 12.9. The number of rotatable bonds is 3. The summed E-state index contributed by atoms with van der Waals surface area (Å²) in [6.45, 7) is 0. The van der Waals surface area contributed by atoms with Crippen molar-refractivity contribution < 1.29 is 23.9 Å². The molecular formula is C17H16N2O5. The molecule has 0 radical (unpaired) electrons. The van der Waals surface area contributed by atoms with Crippen LogP contribution in [-0.2, 0) is 9.59 Å². The predicted octanol–water partition coefficient (Wildman–Crippen LogP) is 1.02. The number of hydrogen-bond donors (Lipinski definition) is 1. The Morgan fingerprint density at radius 2 is 1.75 bits per heavy atom. The normalized spacial score (nSPS) is 23.8. The van der Waals surface area contributed by atoms with Gasteiger partial charge in [0.1, 0.15) is 11.8 Å². The molecule has 7 nitrogen and oxygen atoms in total. The van der Waals surface area contributed by atoms with Gasteiger partial charge < -0.3 is 4.74 Å². The van der Waals surface area contributed by atoms with Crippen LogP contribution < -0.4 is 10.1 Å². The van der Waals surface area contributed by atoms with Crippen molar-refractivity contribution in [2.45, 2.75) is 44.2 Å². The molecule has 1 saturated carbocycles. The number of nitrogens with one attached hydrogen (secondary N) is 1. The summed E-state index contributed by atoms with van der Waals surface area (Å²) < 4.78 is 5.77. The second kappa shape index (κ2) is 5.43. The lowest BCUT2D eigenvalue weighted by Crippen LogP contribution is -2.54. The van der Waals surface area contributed by atoms with E-state index in [1.54, 1.807) is 18.2 Å². The van der Waals surface area contributed by atoms with Crippen molar-refractivity contribution in [2.75, 3.05) is 0 Å². The molecule has 2 heterocycles. The van der Waals surface area contributed by atoms with Gasteiger partial charge in [0.05, 0.1) is 17.2 Å². The van der Waals surface area contributed by atoms with E-state index in [-0.39, 0.29) is 36.0 Å². The third kappa shape index (κ3) is 2.28. The Hall–Kier alpha value is -2.70. The molecule has 1 aromatic carbocycles. The van der Waals surface area contributed by atoms with Crippen molar-refractivity contribution in [3.63, 3.8) is 0 Å². The molecule has 2 fully saturated rings. The summed E-state index contributed by atoms with van der Waals surface area (Å²) in [5, 5.41) is 2.18. The number of ether oxygens (including phenoxy) is 1. The summed E-state index contributed by atoms with van der Waals surface area (Å²) in [7, 11) is 0. The maximum absolute atomic E-state index is 12.6. The average Bonchev–Trinajstić information content (AvgIpc) is 2.75. The van der Waals surface area contributed by atoms with Crippen molar-refractivity contribution in [1.29, 1.82) is 0 Å². The Morgan fingerprint density at radius 3 is 2.42 bits per heavy atom. The van der Waals surface area contributed by atoms with Gasteiger partial charge in [-0.25, -0.2) is 0 Å². The van der Waals surface area contributed by atoms with Gasteiger partial charge in [0.15, 0.2) is 0 Å². The van der Waals surface area contributed by atoms with Crippen LogP contribution in [0.3, 0.4) is 0 Å². The Morgan fingerprint density at radius 1 is 1.00 bits per heavy atom. The number of fused-ring (bicyclic) bond motifs is 1. The summed E-state index contributed by atoms with van der Waals surface area (Å²) in [5.41, 5.74) is 0.521. The van der Waals surface area contributed by atoms with Crippen molar-refractivity contribution in [3.05, 3.63) is 29.3 Å². The third-order valence-electron chi connectivity index (χ3n) is 4.77. The summed E-state index contributed by atoms with van der Waals surface area (Å²) in [5.74, 6) is -1.44. The maximum Gasteiger partial charge on any atom is 0.262 e. The molecular weight excluding hydrogens is 312 g/mol. The summed E-state index contributed by atoms with van der Waals surface area (Å²) in [6, 6.07) is 3.87. The molecule has 3 aliphatic rings. The Bertz CT molecular complexity index is 768. The van der Waals surface area contributed by atoms with Crippen LogP contribution in [0, 0.1) is 0 Å². The molecule has 1 aliphatic carbocycles. The van der Waals surface area contributed by atoms with Crippen LogP contribution in [-0.4, -0.2) is 40.7 Å². The largest absolute Gasteiger partial charge is 0.490 e. The van der Waals surface area contributed by atoms with Crippen LogP contribution in [0.5, 0.6) is 5.75 Å². The molecule has 4 amide bonds. The number of imide groups is 2. The number of piperidine rings is 1. The molecule has 124 valence electrons. The van der Waals surface area contributed by atoms with E-state index in [2.05, 4.69) is 5.32 Å². The minimum Gasteiger partial charge on any atom is -0.490 e. The lowest BCUT2D eigenvalue weighted by Gasteiger charge is -2.27. The minimum atomic E-state index is -0.939. The maximum atomic E-state index is 12.6. The van der Waals surface area contributed by atoms with Crippen LogP contribution >= 0.6 is 0 Å². The molecule has 4 rings (SSSR count). The molecule has 1 aromatic rings. The van der Waals surface area contributed by atoms with Crippen LogP contribution in [0.25, 0.3) is 0 Å². The highest BCUT2D eigenvalue weighted by molar-refractivity contribution is 6.23. The molecule has 24 heavy (non-hydrogen) atoms. The lowest BCUT2D eigenvalue weighted by molar-refractivity contribution is -0.136. The monoisotopic (exact) mass is 328 g/mol. The quantitative estimate of drug-likeness (QED) is 0.836. The molecule has 0 bridgehead atoms. The standard InChI is InChI=1S/C17H16N2O5/c20-14-7-6-13(15(21)18-14)19-16(22)11-5-4-10(8-12(11)17(19)23)24-9-2-1-3-9/h4-5,8-9,13H,1-3,6-7H2,(H,18,20,21). The first-order valence-corrected chi connectivity index (χ1v) is 8.07. The fourth-order valence-electron chi connectivity index (χ4n) is 3.20. The average molecular weight is 328 g/mol. The smallest absolute Gasteiger partial charge is 0.262 e. The van der Waals surface area contributed by atoms with E-state index in [0.29, 0.717) is 5.75 Å². The number of nitrogens with zero attached hydrogens (tertiary/aromatic N) is 1. The minimum absolute atomic E-state index is 0.111. The van der Waals surface area contributed by atoms with Gasteiger partial charge in [-0.1, -0.05) is 0 Å². The number of carbonyl (C=O) groups excluding carboxylic acids is 4. The van der Waals surface area contributed by atoms with Gasteiger partial charge in [0.25, 0.3) is 11.8 Å². The molecule has 1 atom stereocenters. The number of amides is 4. The zero-order valence-electron chi connectivity index (χ0n) is 12.9. The van der Waals surface area contributed by atoms with E-state index < -0.39 is 23.8 Å². The molecule has 1 saturated heterocycles. The van der Waals surface area contributed by atoms with E-state index in [4.69, 9.17) is 4.74 Å². The Balaban J connectivity index is 1.60. The first kappa shape index (κ1) is 14.9. The SMILES string of the molecule is O=C1CCC(N2C(=O)c3ccc(OC4CCC4)cc3C2=O)C(=O)N1. The summed E-state index contributed by atoms with van der Waals surface area (Å²) >= 11 is 0. The van der Waals surface area contributed by atoms with Crippen molar-refractivity contribution >= 4 is 23.6 Å². The van der Waals surface area contributed by atoms with Gasteiger partial charge in [-0.2, -0.15) is 0 Å². The molecule has 1 N–H and O–H groups in total. The van der Waals surface area contributed by atoms with Gasteiger partial charge in [-0.3, -0.25) is 29.4 Å². The van der Waals surface area contributed by atoms with E-state index in [9.17, 15) is 19.2 Å². The van der Waals surface area contributed by atoms with Gasteiger partial charge >= 0.3 is 0 Å². The third-order valence-corrected chi connectivity index (χ3v) is 4.77. The van der Waals surface area contributed by atoms with E-state index in [0.717, 1.165) is 24.2 Å². The Labute approximate surface area is 137 Å². The van der Waals surface area contributed by atoms with Crippen molar-refractivity contribution in [1.82, 2.24) is 10.2 Å².